The molecular weight excluding hydrogens is 378 g/mol. The Morgan fingerprint density at radius 2 is 1.77 bits per heavy atom. The molecule has 3 saturated carbocycles. The van der Waals surface area contributed by atoms with E-state index in [1.54, 1.807) is 6.92 Å². The fourth-order valence-electron chi connectivity index (χ4n) is 8.62. The molecule has 4 aliphatic carbocycles. The maximum absolute atomic E-state index is 12.8. The number of ketones is 1. The van der Waals surface area contributed by atoms with Crippen molar-refractivity contribution in [2.24, 2.45) is 46.3 Å². The van der Waals surface area contributed by atoms with Crippen molar-refractivity contribution in [2.45, 2.75) is 105 Å². The highest BCUT2D eigenvalue weighted by molar-refractivity contribution is 5.91. The lowest BCUT2D eigenvalue weighted by atomic mass is 9.46. The Bertz CT molecular complexity index is 684. The number of carbonyl (C=O) groups is 1. The number of alkyl halides is 2. The van der Waals surface area contributed by atoms with Gasteiger partial charge in [0.15, 0.2) is 5.78 Å². The zero-order valence-corrected chi connectivity index (χ0v) is 19.6. The van der Waals surface area contributed by atoms with Crippen LogP contribution in [0.3, 0.4) is 0 Å². The Kier molecular flexibility index (Phi) is 6.23. The quantitative estimate of drug-likeness (QED) is 0.428. The van der Waals surface area contributed by atoms with E-state index in [1.165, 1.54) is 37.7 Å². The summed E-state index contributed by atoms with van der Waals surface area (Å²) in [4.78, 5) is 12.0. The molecule has 0 heterocycles. The number of halogens is 2. The van der Waals surface area contributed by atoms with Gasteiger partial charge >= 0.3 is 0 Å². The molecule has 3 heteroatoms. The number of rotatable bonds is 6. The second kappa shape index (κ2) is 8.32. The van der Waals surface area contributed by atoms with Crippen molar-refractivity contribution in [3.05, 3.63) is 11.6 Å². The predicted molar refractivity (Wildman–Crippen MR) is 118 cm³/mol. The summed E-state index contributed by atoms with van der Waals surface area (Å²) in [7, 11) is 0. The van der Waals surface area contributed by atoms with Crippen molar-refractivity contribution in [2.75, 3.05) is 0 Å². The van der Waals surface area contributed by atoms with Crippen molar-refractivity contribution in [1.29, 1.82) is 0 Å². The summed E-state index contributed by atoms with van der Waals surface area (Å²) in [5, 5.41) is 0. The Labute approximate surface area is 182 Å². The topological polar surface area (TPSA) is 17.1 Å². The molecule has 1 unspecified atom stereocenters. The van der Waals surface area contributed by atoms with E-state index in [-0.39, 0.29) is 5.41 Å². The summed E-state index contributed by atoms with van der Waals surface area (Å²) in [5.74, 6) is 3.66. The molecular formula is C27H42F2O. The fraction of sp³-hybridized carbons (Fsp3) is 0.889. The van der Waals surface area contributed by atoms with E-state index in [2.05, 4.69) is 20.8 Å². The van der Waals surface area contributed by atoms with Crippen LogP contribution in [0.5, 0.6) is 0 Å². The van der Waals surface area contributed by atoms with E-state index in [1.807, 2.05) is 6.08 Å². The first kappa shape index (κ1) is 22.5. The molecule has 0 saturated heterocycles. The molecule has 0 spiro atoms. The van der Waals surface area contributed by atoms with Gasteiger partial charge in [-0.3, -0.25) is 4.79 Å². The molecule has 170 valence electrons. The summed E-state index contributed by atoms with van der Waals surface area (Å²) in [6.07, 6.45) is 12.0. The van der Waals surface area contributed by atoms with Crippen molar-refractivity contribution in [1.82, 2.24) is 0 Å². The highest BCUT2D eigenvalue weighted by atomic mass is 19.3. The van der Waals surface area contributed by atoms with Gasteiger partial charge in [-0.15, -0.1) is 0 Å². The molecule has 4 aliphatic rings. The number of hydrogen-bond acceptors (Lipinski definition) is 1. The van der Waals surface area contributed by atoms with Crippen LogP contribution >= 0.6 is 0 Å². The van der Waals surface area contributed by atoms with Gasteiger partial charge in [0, 0.05) is 12.3 Å². The first-order valence-electron chi connectivity index (χ1n) is 12.7. The summed E-state index contributed by atoms with van der Waals surface area (Å²) in [6, 6.07) is 0. The van der Waals surface area contributed by atoms with Crippen LogP contribution in [0, 0.1) is 46.3 Å². The van der Waals surface area contributed by atoms with Gasteiger partial charge in [0.1, 0.15) is 0 Å². The summed E-state index contributed by atoms with van der Waals surface area (Å²) in [5.41, 5.74) is 2.14. The summed E-state index contributed by atoms with van der Waals surface area (Å²) < 4.78 is 25.7. The minimum absolute atomic E-state index is 0.257. The third kappa shape index (κ3) is 3.71. The van der Waals surface area contributed by atoms with Crippen molar-refractivity contribution >= 4 is 5.78 Å². The highest BCUT2D eigenvalue weighted by Crippen LogP contribution is 2.67. The molecule has 1 nitrogen and oxygen atoms in total. The molecule has 4 rings (SSSR count). The van der Waals surface area contributed by atoms with E-state index < -0.39 is 12.3 Å². The van der Waals surface area contributed by atoms with E-state index in [9.17, 15) is 13.6 Å². The third-order valence-electron chi connectivity index (χ3n) is 10.5. The van der Waals surface area contributed by atoms with Gasteiger partial charge in [-0.1, -0.05) is 46.1 Å². The van der Waals surface area contributed by atoms with E-state index in [4.69, 9.17) is 0 Å². The lowest BCUT2D eigenvalue weighted by Crippen LogP contribution is -2.50. The SMILES string of the molecule is CC(CCC[C@@H](C)[C@H]1CC[C@H]2[C@@H]3CCC4=CC(=O)CC[C@]4(C)[C@H]3CC[C@]12C)C(F)F. The molecule has 0 aromatic carbocycles. The number of hydrogen-bond donors (Lipinski definition) is 0. The average Bonchev–Trinajstić information content (AvgIpc) is 3.05. The number of carbonyl (C=O) groups excluding carboxylic acids is 1. The van der Waals surface area contributed by atoms with Crippen LogP contribution in [0.25, 0.3) is 0 Å². The Morgan fingerprint density at radius 1 is 1.00 bits per heavy atom. The highest BCUT2D eigenvalue weighted by Gasteiger charge is 2.59. The standard InChI is InChI=1S/C27H42F2O/c1-17(6-5-7-18(2)25(28)29)22-10-11-23-21-9-8-19-16-20(30)12-14-26(19,3)24(21)13-15-27(22,23)4/h16-18,21-25H,5-15H2,1-4H3/t17-,18?,21+,22-,23+,24+,26+,27-/m1/s1. The molecule has 8 atom stereocenters. The third-order valence-corrected chi connectivity index (χ3v) is 10.5. The monoisotopic (exact) mass is 420 g/mol. The van der Waals surface area contributed by atoms with Gasteiger partial charge in [-0.25, -0.2) is 8.78 Å². The minimum atomic E-state index is -2.18. The second-order valence-corrected chi connectivity index (χ2v) is 11.9. The molecule has 0 bridgehead atoms. The van der Waals surface area contributed by atoms with Crippen LogP contribution in [0.4, 0.5) is 8.78 Å². The largest absolute Gasteiger partial charge is 0.295 e. The smallest absolute Gasteiger partial charge is 0.241 e. The predicted octanol–water partition coefficient (Wildman–Crippen LogP) is 7.84. The van der Waals surface area contributed by atoms with Gasteiger partial charge in [-0.2, -0.15) is 0 Å². The normalized spacial score (nSPS) is 42.9. The molecule has 3 fully saturated rings. The van der Waals surface area contributed by atoms with Crippen LogP contribution in [-0.4, -0.2) is 12.2 Å². The van der Waals surface area contributed by atoms with Crippen molar-refractivity contribution in [3.63, 3.8) is 0 Å². The van der Waals surface area contributed by atoms with E-state index >= 15 is 0 Å². The van der Waals surface area contributed by atoms with Gasteiger partial charge in [0.2, 0.25) is 6.43 Å². The van der Waals surface area contributed by atoms with Crippen LogP contribution in [0.2, 0.25) is 0 Å². The van der Waals surface area contributed by atoms with Crippen molar-refractivity contribution in [3.8, 4) is 0 Å². The number of allylic oxidation sites excluding steroid dienone is 1. The Balaban J connectivity index is 1.44. The Hall–Kier alpha value is -0.730. The fourth-order valence-corrected chi connectivity index (χ4v) is 8.62. The lowest BCUT2D eigenvalue weighted by molar-refractivity contribution is -0.117. The van der Waals surface area contributed by atoms with E-state index in [0.29, 0.717) is 23.5 Å². The molecule has 30 heavy (non-hydrogen) atoms. The van der Waals surface area contributed by atoms with Gasteiger partial charge in [0.05, 0.1) is 0 Å². The molecule has 0 aromatic heterocycles. The number of fused-ring (bicyclic) bond motifs is 5. The van der Waals surface area contributed by atoms with Crippen LogP contribution < -0.4 is 0 Å². The molecule has 0 aromatic rings. The zero-order valence-electron chi connectivity index (χ0n) is 19.6. The Morgan fingerprint density at radius 3 is 2.50 bits per heavy atom. The first-order valence-corrected chi connectivity index (χ1v) is 12.7. The van der Waals surface area contributed by atoms with Crippen molar-refractivity contribution < 1.29 is 13.6 Å². The maximum Gasteiger partial charge on any atom is 0.241 e. The lowest BCUT2D eigenvalue weighted by Gasteiger charge is -2.58. The first-order chi connectivity index (χ1) is 14.2. The minimum Gasteiger partial charge on any atom is -0.295 e. The maximum atomic E-state index is 12.8. The van der Waals surface area contributed by atoms with Crippen LogP contribution in [0.1, 0.15) is 98.3 Å². The second-order valence-electron chi connectivity index (χ2n) is 11.9. The van der Waals surface area contributed by atoms with Crippen LogP contribution in [-0.2, 0) is 4.79 Å². The summed E-state index contributed by atoms with van der Waals surface area (Å²) in [6.45, 7) is 9.12. The molecule has 0 radical (unpaired) electrons. The van der Waals surface area contributed by atoms with E-state index in [0.717, 1.165) is 55.8 Å². The molecule has 0 aliphatic heterocycles. The van der Waals surface area contributed by atoms with Crippen LogP contribution in [0.15, 0.2) is 11.6 Å². The molecule has 0 amide bonds. The molecule has 0 N–H and O–H groups in total. The zero-order chi connectivity index (χ0) is 21.7. The van der Waals surface area contributed by atoms with Gasteiger partial charge in [-0.05, 0) is 97.9 Å². The van der Waals surface area contributed by atoms with Gasteiger partial charge in [0.25, 0.3) is 0 Å². The summed E-state index contributed by atoms with van der Waals surface area (Å²) >= 11 is 0. The van der Waals surface area contributed by atoms with Gasteiger partial charge < -0.3 is 0 Å². The average molecular weight is 421 g/mol.